The van der Waals surface area contributed by atoms with E-state index in [0.29, 0.717) is 24.0 Å². The molecule has 292 valence electrons. The summed E-state index contributed by atoms with van der Waals surface area (Å²) in [4.78, 5) is 11.0. The predicted molar refractivity (Wildman–Crippen MR) is 228 cm³/mol. The van der Waals surface area contributed by atoms with Crippen LogP contribution in [0.2, 0.25) is 0 Å². The average Bonchev–Trinajstić information content (AvgIpc) is 3.93. The summed E-state index contributed by atoms with van der Waals surface area (Å²) in [5.74, 6) is 7.15. The first-order chi connectivity index (χ1) is 28.0. The number of benzene rings is 4. The molecule has 10 aliphatic rings. The number of aliphatic imine (C=N–C) groups is 2. The van der Waals surface area contributed by atoms with Crippen molar-refractivity contribution in [2.24, 2.45) is 50.9 Å². The maximum Gasteiger partial charge on any atom is 0.200 e. The Kier molecular flexibility index (Phi) is 8.21. The normalized spacial score (nSPS) is 35.9. The van der Waals surface area contributed by atoms with Gasteiger partial charge in [0.25, 0.3) is 0 Å². The molecule has 4 aromatic rings. The number of hydrogen-bond acceptors (Lipinski definition) is 4. The second-order valence-electron chi connectivity index (χ2n) is 20.6. The van der Waals surface area contributed by atoms with Gasteiger partial charge in [0, 0.05) is 0 Å². The Morgan fingerprint density at radius 3 is 1.11 bits per heavy atom. The summed E-state index contributed by atoms with van der Waals surface area (Å²) >= 11 is 0. The third-order valence-corrected chi connectivity index (χ3v) is 16.7. The molecule has 0 radical (unpaired) electrons. The van der Waals surface area contributed by atoms with E-state index in [1.54, 1.807) is 11.1 Å². The van der Waals surface area contributed by atoms with Gasteiger partial charge in [-0.25, -0.2) is 9.98 Å². The lowest BCUT2D eigenvalue weighted by Gasteiger charge is -2.57. The van der Waals surface area contributed by atoms with Crippen molar-refractivity contribution < 1.29 is 9.47 Å². The van der Waals surface area contributed by atoms with Crippen molar-refractivity contribution >= 4 is 11.8 Å². The SMILES string of the molecule is c1ccc([C@@H]2COC(C(Cc3ccc(C45CC6CC(CC(C6)C4)C5)cc3)(Cc3ccc(C45CC6CC(CC(C6)C4)C5)cc3)C3=N[C@H](c4ccccc4)CO3)=N2)cc1. The van der Waals surface area contributed by atoms with Gasteiger partial charge in [-0.2, -0.15) is 0 Å². The molecule has 0 saturated heterocycles. The van der Waals surface area contributed by atoms with E-state index in [1.165, 1.54) is 99.3 Å². The fourth-order valence-electron chi connectivity index (χ4n) is 15.0. The van der Waals surface area contributed by atoms with Gasteiger partial charge in [-0.1, -0.05) is 109 Å². The molecule has 57 heavy (non-hydrogen) atoms. The Labute approximate surface area is 339 Å². The molecule has 14 rings (SSSR count). The summed E-state index contributed by atoms with van der Waals surface area (Å²) in [5.41, 5.74) is 8.22. The van der Waals surface area contributed by atoms with Gasteiger partial charge in [0.15, 0.2) is 0 Å². The van der Waals surface area contributed by atoms with E-state index in [4.69, 9.17) is 19.5 Å². The first-order valence-electron chi connectivity index (χ1n) is 22.7. The van der Waals surface area contributed by atoms with E-state index in [1.807, 2.05) is 0 Å². The lowest BCUT2D eigenvalue weighted by molar-refractivity contribution is -0.00531. The molecule has 8 bridgehead atoms. The minimum Gasteiger partial charge on any atom is -0.478 e. The van der Waals surface area contributed by atoms with Gasteiger partial charge in [-0.3, -0.25) is 0 Å². The summed E-state index contributed by atoms with van der Waals surface area (Å²) < 4.78 is 13.7. The number of nitrogens with zero attached hydrogens (tertiary/aromatic N) is 2. The molecule has 8 aliphatic carbocycles. The molecule has 4 aromatic carbocycles. The van der Waals surface area contributed by atoms with Gasteiger partial charge in [0.1, 0.15) is 30.7 Å². The van der Waals surface area contributed by atoms with Gasteiger partial charge in [-0.05, 0) is 170 Å². The van der Waals surface area contributed by atoms with Crippen LogP contribution >= 0.6 is 0 Å². The Bertz CT molecular complexity index is 1940. The van der Waals surface area contributed by atoms with Crippen LogP contribution in [0.3, 0.4) is 0 Å². The third-order valence-electron chi connectivity index (χ3n) is 16.7. The van der Waals surface area contributed by atoms with Gasteiger partial charge in [0.2, 0.25) is 11.8 Å². The lowest BCUT2D eigenvalue weighted by Crippen LogP contribution is -2.48. The maximum atomic E-state index is 6.85. The van der Waals surface area contributed by atoms with Crippen LogP contribution in [-0.4, -0.2) is 25.0 Å². The molecular formula is C53H58N2O2. The van der Waals surface area contributed by atoms with E-state index >= 15 is 0 Å². The van der Waals surface area contributed by atoms with Crippen molar-refractivity contribution in [1.82, 2.24) is 0 Å². The Morgan fingerprint density at radius 2 is 0.772 bits per heavy atom. The average molecular weight is 755 g/mol. The van der Waals surface area contributed by atoms with Crippen LogP contribution < -0.4 is 0 Å². The third kappa shape index (κ3) is 6.05. The van der Waals surface area contributed by atoms with Crippen LogP contribution in [0.25, 0.3) is 0 Å². The van der Waals surface area contributed by atoms with Crippen LogP contribution in [-0.2, 0) is 33.1 Å². The largest absolute Gasteiger partial charge is 0.478 e. The molecular weight excluding hydrogens is 697 g/mol. The van der Waals surface area contributed by atoms with Gasteiger partial charge >= 0.3 is 0 Å². The molecule has 2 atom stereocenters. The van der Waals surface area contributed by atoms with Crippen molar-refractivity contribution in [3.8, 4) is 0 Å². The Hall–Kier alpha value is -4.18. The van der Waals surface area contributed by atoms with Crippen molar-refractivity contribution in [3.63, 3.8) is 0 Å². The highest BCUT2D eigenvalue weighted by Gasteiger charge is 2.54. The summed E-state index contributed by atoms with van der Waals surface area (Å²) in [7, 11) is 0. The predicted octanol–water partition coefficient (Wildman–Crippen LogP) is 11.7. The second-order valence-corrected chi connectivity index (χ2v) is 20.6. The van der Waals surface area contributed by atoms with E-state index in [9.17, 15) is 0 Å². The van der Waals surface area contributed by atoms with Crippen molar-refractivity contribution in [1.29, 1.82) is 0 Å². The summed E-state index contributed by atoms with van der Waals surface area (Å²) in [5, 5.41) is 0. The Morgan fingerprint density at radius 1 is 0.439 bits per heavy atom. The van der Waals surface area contributed by atoms with Crippen LogP contribution in [0, 0.1) is 40.9 Å². The molecule has 0 N–H and O–H groups in total. The highest BCUT2D eigenvalue weighted by atomic mass is 16.5. The fourth-order valence-corrected chi connectivity index (χ4v) is 15.0. The molecule has 0 unspecified atom stereocenters. The molecule has 0 amide bonds. The standard InChI is InChI=1S/C53H58N2O2/c1-3-7-43(8-4-1)47-33-56-49(54-47)53(50-55-48(34-57-50)44-9-5-2-6-10-44,31-35-11-15-45(16-12-35)51-25-37-19-38(26-51)21-39(20-37)27-51)32-36-13-17-46(18-14-36)52-28-40-22-41(29-52)24-42(23-40)30-52/h1-18,37-42,47-48H,19-34H2/t37?,38?,39?,40?,41?,42?,47-,48-,51?,52?/m0/s1. The fraction of sp³-hybridized carbons (Fsp3) is 0.509. The highest BCUT2D eigenvalue weighted by molar-refractivity contribution is 6.07. The highest BCUT2D eigenvalue weighted by Crippen LogP contribution is 2.62. The first-order valence-corrected chi connectivity index (χ1v) is 22.7. The lowest BCUT2D eigenvalue weighted by atomic mass is 9.48. The van der Waals surface area contributed by atoms with Gasteiger partial charge < -0.3 is 9.47 Å². The number of ether oxygens (including phenoxy) is 2. The van der Waals surface area contributed by atoms with Crippen LogP contribution in [0.1, 0.15) is 123 Å². The van der Waals surface area contributed by atoms with Crippen molar-refractivity contribution in [2.75, 3.05) is 13.2 Å². The zero-order valence-corrected chi connectivity index (χ0v) is 33.5. The molecule has 2 aliphatic heterocycles. The van der Waals surface area contributed by atoms with E-state index < -0.39 is 5.41 Å². The van der Waals surface area contributed by atoms with E-state index in [-0.39, 0.29) is 12.1 Å². The molecule has 8 saturated carbocycles. The molecule has 4 nitrogen and oxygen atoms in total. The topological polar surface area (TPSA) is 43.2 Å². The quantitative estimate of drug-likeness (QED) is 0.162. The summed E-state index contributed by atoms with van der Waals surface area (Å²) in [6.07, 6.45) is 18.6. The van der Waals surface area contributed by atoms with E-state index in [0.717, 1.165) is 60.1 Å². The summed E-state index contributed by atoms with van der Waals surface area (Å²) in [6, 6.07) is 41.0. The zero-order valence-electron chi connectivity index (χ0n) is 33.5. The van der Waals surface area contributed by atoms with Crippen LogP contribution in [0.4, 0.5) is 0 Å². The van der Waals surface area contributed by atoms with Crippen molar-refractivity contribution in [2.45, 2.75) is 113 Å². The van der Waals surface area contributed by atoms with E-state index in [2.05, 4.69) is 109 Å². The number of rotatable bonds is 10. The Balaban J connectivity index is 0.935. The van der Waals surface area contributed by atoms with Crippen LogP contribution in [0.5, 0.6) is 0 Å². The van der Waals surface area contributed by atoms with Crippen LogP contribution in [0.15, 0.2) is 119 Å². The molecule has 0 spiro atoms. The summed E-state index contributed by atoms with van der Waals surface area (Å²) in [6.45, 7) is 1.07. The monoisotopic (exact) mass is 754 g/mol. The minimum absolute atomic E-state index is 0.0515. The second kappa shape index (κ2) is 13.4. The molecule has 8 fully saturated rings. The zero-order chi connectivity index (χ0) is 37.6. The first kappa shape index (κ1) is 34.8. The number of hydrogen-bond donors (Lipinski definition) is 0. The molecule has 0 aromatic heterocycles. The smallest absolute Gasteiger partial charge is 0.200 e. The molecule has 2 heterocycles. The van der Waals surface area contributed by atoms with Gasteiger partial charge in [-0.15, -0.1) is 0 Å². The molecule has 4 heteroatoms. The van der Waals surface area contributed by atoms with Gasteiger partial charge in [0.05, 0.1) is 0 Å². The minimum atomic E-state index is -0.683. The van der Waals surface area contributed by atoms with Crippen molar-refractivity contribution in [3.05, 3.63) is 143 Å². The maximum absolute atomic E-state index is 6.85.